The maximum atomic E-state index is 11.6. The van der Waals surface area contributed by atoms with Gasteiger partial charge in [0.05, 0.1) is 0 Å². The van der Waals surface area contributed by atoms with E-state index in [0.717, 1.165) is 25.2 Å². The molecule has 20 heavy (non-hydrogen) atoms. The number of ketones is 1. The van der Waals surface area contributed by atoms with E-state index in [1.807, 2.05) is 26.0 Å². The van der Waals surface area contributed by atoms with Crippen molar-refractivity contribution in [3.05, 3.63) is 55.1 Å². The standard InChI is InChI=1S/C18H25NO/c1-5-12-19(13-6-2)17-10-8-16(9-11-17)14-15(4)18(20)7-3/h5-6,8-11,15H,1-2,7,12-14H2,3-4H3. The van der Waals surface area contributed by atoms with Gasteiger partial charge in [-0.3, -0.25) is 4.79 Å². The van der Waals surface area contributed by atoms with Gasteiger partial charge < -0.3 is 4.90 Å². The molecule has 0 saturated heterocycles. The lowest BCUT2D eigenvalue weighted by atomic mass is 9.96. The summed E-state index contributed by atoms with van der Waals surface area (Å²) in [6.45, 7) is 13.1. The highest BCUT2D eigenvalue weighted by molar-refractivity contribution is 5.80. The Morgan fingerprint density at radius 3 is 2.20 bits per heavy atom. The van der Waals surface area contributed by atoms with Crippen LogP contribution >= 0.6 is 0 Å². The topological polar surface area (TPSA) is 20.3 Å². The largest absolute Gasteiger partial charge is 0.364 e. The summed E-state index contributed by atoms with van der Waals surface area (Å²) in [5, 5.41) is 0. The van der Waals surface area contributed by atoms with Crippen LogP contribution in [0.2, 0.25) is 0 Å². The van der Waals surface area contributed by atoms with Gasteiger partial charge in [-0.05, 0) is 24.1 Å². The maximum absolute atomic E-state index is 11.6. The lowest BCUT2D eigenvalue weighted by Gasteiger charge is -2.22. The van der Waals surface area contributed by atoms with E-state index < -0.39 is 0 Å². The number of carbonyl (C=O) groups excluding carboxylic acids is 1. The highest BCUT2D eigenvalue weighted by Gasteiger charge is 2.11. The van der Waals surface area contributed by atoms with Gasteiger partial charge in [0.15, 0.2) is 0 Å². The zero-order valence-electron chi connectivity index (χ0n) is 12.6. The van der Waals surface area contributed by atoms with Crippen molar-refractivity contribution in [3.8, 4) is 0 Å². The highest BCUT2D eigenvalue weighted by atomic mass is 16.1. The lowest BCUT2D eigenvalue weighted by molar-refractivity contribution is -0.122. The molecular formula is C18H25NO. The van der Waals surface area contributed by atoms with Crippen molar-refractivity contribution < 1.29 is 4.79 Å². The molecule has 0 N–H and O–H groups in total. The van der Waals surface area contributed by atoms with Crippen LogP contribution in [0.5, 0.6) is 0 Å². The summed E-state index contributed by atoms with van der Waals surface area (Å²) >= 11 is 0. The molecule has 1 atom stereocenters. The number of Topliss-reactive ketones (excluding diaryl/α,β-unsaturated/α-hetero) is 1. The molecule has 0 aromatic heterocycles. The quantitative estimate of drug-likeness (QED) is 0.632. The summed E-state index contributed by atoms with van der Waals surface area (Å²) < 4.78 is 0. The summed E-state index contributed by atoms with van der Waals surface area (Å²) in [5.41, 5.74) is 2.36. The monoisotopic (exact) mass is 271 g/mol. The number of hydrogen-bond acceptors (Lipinski definition) is 2. The van der Waals surface area contributed by atoms with Crippen LogP contribution in [0, 0.1) is 5.92 Å². The smallest absolute Gasteiger partial charge is 0.135 e. The second-order valence-electron chi connectivity index (χ2n) is 5.07. The van der Waals surface area contributed by atoms with Gasteiger partial charge in [-0.2, -0.15) is 0 Å². The van der Waals surface area contributed by atoms with Gasteiger partial charge >= 0.3 is 0 Å². The first kappa shape index (κ1) is 16.2. The summed E-state index contributed by atoms with van der Waals surface area (Å²) in [7, 11) is 0. The fourth-order valence-corrected chi connectivity index (χ4v) is 2.26. The second kappa shape index (κ2) is 8.36. The minimum atomic E-state index is 0.100. The van der Waals surface area contributed by atoms with E-state index in [0.29, 0.717) is 12.2 Å². The molecule has 0 aliphatic heterocycles. The summed E-state index contributed by atoms with van der Waals surface area (Å²) in [6.07, 6.45) is 5.21. The predicted octanol–water partition coefficient (Wildman–Crippen LogP) is 4.02. The second-order valence-corrected chi connectivity index (χ2v) is 5.07. The fraction of sp³-hybridized carbons (Fsp3) is 0.389. The summed E-state index contributed by atoms with van der Waals surface area (Å²) in [6, 6.07) is 8.42. The van der Waals surface area contributed by atoms with Crippen molar-refractivity contribution in [2.45, 2.75) is 26.7 Å². The number of carbonyl (C=O) groups is 1. The first-order valence-electron chi connectivity index (χ1n) is 7.20. The Labute approximate surface area is 122 Å². The Kier molecular flexibility index (Phi) is 6.78. The van der Waals surface area contributed by atoms with Crippen LogP contribution in [0.3, 0.4) is 0 Å². The van der Waals surface area contributed by atoms with Crippen molar-refractivity contribution in [3.63, 3.8) is 0 Å². The normalized spacial score (nSPS) is 11.7. The number of benzene rings is 1. The van der Waals surface area contributed by atoms with Crippen LogP contribution in [0.25, 0.3) is 0 Å². The molecule has 0 amide bonds. The minimum Gasteiger partial charge on any atom is -0.364 e. The van der Waals surface area contributed by atoms with Gasteiger partial charge in [0, 0.05) is 31.1 Å². The van der Waals surface area contributed by atoms with Gasteiger partial charge in [-0.25, -0.2) is 0 Å². The molecule has 0 saturated carbocycles. The SMILES string of the molecule is C=CCN(CC=C)c1ccc(CC(C)C(=O)CC)cc1. The van der Waals surface area contributed by atoms with Crippen LogP contribution in [0.4, 0.5) is 5.69 Å². The average molecular weight is 271 g/mol. The Morgan fingerprint density at radius 2 is 1.75 bits per heavy atom. The lowest BCUT2D eigenvalue weighted by Crippen LogP contribution is -2.23. The molecule has 0 heterocycles. The van der Waals surface area contributed by atoms with Crippen molar-refractivity contribution in [1.82, 2.24) is 0 Å². The molecular weight excluding hydrogens is 246 g/mol. The van der Waals surface area contributed by atoms with Crippen LogP contribution in [-0.4, -0.2) is 18.9 Å². The van der Waals surface area contributed by atoms with E-state index in [2.05, 4.69) is 42.3 Å². The van der Waals surface area contributed by atoms with Crippen LogP contribution in [-0.2, 0) is 11.2 Å². The molecule has 1 rings (SSSR count). The van der Waals surface area contributed by atoms with E-state index in [9.17, 15) is 4.79 Å². The van der Waals surface area contributed by atoms with Crippen molar-refractivity contribution in [2.24, 2.45) is 5.92 Å². The molecule has 0 fully saturated rings. The van der Waals surface area contributed by atoms with Gasteiger partial charge in [0.1, 0.15) is 5.78 Å². The molecule has 1 unspecified atom stereocenters. The molecule has 1 aromatic rings. The van der Waals surface area contributed by atoms with Crippen molar-refractivity contribution in [1.29, 1.82) is 0 Å². The molecule has 0 radical (unpaired) electrons. The van der Waals surface area contributed by atoms with Gasteiger partial charge in [-0.1, -0.05) is 38.1 Å². The third kappa shape index (κ3) is 4.69. The number of anilines is 1. The third-order valence-corrected chi connectivity index (χ3v) is 3.44. The molecule has 0 bridgehead atoms. The van der Waals surface area contributed by atoms with E-state index in [4.69, 9.17) is 0 Å². The maximum Gasteiger partial charge on any atom is 0.135 e. The number of rotatable bonds is 9. The predicted molar refractivity (Wildman–Crippen MR) is 87.2 cm³/mol. The van der Waals surface area contributed by atoms with Crippen molar-refractivity contribution >= 4 is 11.5 Å². The highest BCUT2D eigenvalue weighted by Crippen LogP contribution is 2.18. The zero-order chi connectivity index (χ0) is 15.0. The first-order valence-corrected chi connectivity index (χ1v) is 7.20. The Morgan fingerprint density at radius 1 is 1.20 bits per heavy atom. The van der Waals surface area contributed by atoms with Gasteiger partial charge in [-0.15, -0.1) is 13.2 Å². The van der Waals surface area contributed by atoms with E-state index in [-0.39, 0.29) is 5.92 Å². The number of nitrogens with zero attached hydrogens (tertiary/aromatic N) is 1. The molecule has 0 aliphatic carbocycles. The van der Waals surface area contributed by atoms with E-state index in [1.165, 1.54) is 5.56 Å². The van der Waals surface area contributed by atoms with Crippen LogP contribution in [0.1, 0.15) is 25.8 Å². The molecule has 108 valence electrons. The third-order valence-electron chi connectivity index (χ3n) is 3.44. The minimum absolute atomic E-state index is 0.100. The zero-order valence-corrected chi connectivity index (χ0v) is 12.6. The molecule has 2 heteroatoms. The van der Waals surface area contributed by atoms with Crippen molar-refractivity contribution in [2.75, 3.05) is 18.0 Å². The fourth-order valence-electron chi connectivity index (χ4n) is 2.26. The molecule has 0 aliphatic rings. The number of hydrogen-bond donors (Lipinski definition) is 0. The summed E-state index contributed by atoms with van der Waals surface area (Å²) in [5.74, 6) is 0.428. The van der Waals surface area contributed by atoms with E-state index >= 15 is 0 Å². The van der Waals surface area contributed by atoms with Gasteiger partial charge in [0.25, 0.3) is 0 Å². The molecule has 1 aromatic carbocycles. The van der Waals surface area contributed by atoms with E-state index in [1.54, 1.807) is 0 Å². The summed E-state index contributed by atoms with van der Waals surface area (Å²) in [4.78, 5) is 13.8. The van der Waals surface area contributed by atoms with Crippen LogP contribution < -0.4 is 4.90 Å². The average Bonchev–Trinajstić information content (AvgIpc) is 2.47. The first-order chi connectivity index (χ1) is 9.62. The molecule has 0 spiro atoms. The van der Waals surface area contributed by atoms with Crippen LogP contribution in [0.15, 0.2) is 49.6 Å². The van der Waals surface area contributed by atoms with Gasteiger partial charge in [0.2, 0.25) is 0 Å². The molecule has 2 nitrogen and oxygen atoms in total. The Balaban J connectivity index is 2.74. The Hall–Kier alpha value is -1.83. The Bertz CT molecular complexity index is 437.